The number of halogens is 1. The Bertz CT molecular complexity index is 366. The zero-order chi connectivity index (χ0) is 11.4. The van der Waals surface area contributed by atoms with Crippen molar-refractivity contribution in [3.8, 4) is 6.07 Å². The molecule has 15 heavy (non-hydrogen) atoms. The zero-order valence-corrected chi connectivity index (χ0v) is 9.36. The molecular formula is C9H12ClN5. The molecule has 0 amide bonds. The number of rotatable bonds is 3. The van der Waals surface area contributed by atoms with Crippen LogP contribution in [0.15, 0.2) is 6.07 Å². The van der Waals surface area contributed by atoms with E-state index in [1.165, 1.54) is 0 Å². The van der Waals surface area contributed by atoms with E-state index in [0.717, 1.165) is 0 Å². The molecule has 1 atom stereocenters. The van der Waals surface area contributed by atoms with Crippen molar-refractivity contribution >= 4 is 23.4 Å². The molecule has 1 aromatic heterocycles. The minimum atomic E-state index is 0.0559. The molecule has 5 nitrogen and oxygen atoms in total. The summed E-state index contributed by atoms with van der Waals surface area (Å²) in [6.45, 7) is 1.93. The molecule has 0 aromatic carbocycles. The molecule has 0 bridgehead atoms. The summed E-state index contributed by atoms with van der Waals surface area (Å²) in [4.78, 5) is 9.64. The Labute approximate surface area is 93.5 Å². The van der Waals surface area contributed by atoms with E-state index in [0.29, 0.717) is 17.4 Å². The Balaban J connectivity index is 2.91. The average molecular weight is 226 g/mol. The second-order valence-corrected chi connectivity index (χ2v) is 3.62. The van der Waals surface area contributed by atoms with Gasteiger partial charge in [-0.3, -0.25) is 0 Å². The Morgan fingerprint density at radius 3 is 2.87 bits per heavy atom. The van der Waals surface area contributed by atoms with E-state index in [1.54, 1.807) is 6.07 Å². The third-order valence-corrected chi connectivity index (χ3v) is 2.30. The van der Waals surface area contributed by atoms with E-state index in [9.17, 15) is 0 Å². The lowest BCUT2D eigenvalue weighted by Crippen LogP contribution is -2.29. The molecule has 0 aliphatic rings. The highest BCUT2D eigenvalue weighted by Gasteiger charge is 2.12. The molecule has 6 heteroatoms. The maximum Gasteiger partial charge on any atom is 0.223 e. The molecule has 0 spiro atoms. The summed E-state index contributed by atoms with van der Waals surface area (Å²) >= 11 is 5.75. The summed E-state index contributed by atoms with van der Waals surface area (Å²) in [6, 6.07) is 3.77. The molecule has 80 valence electrons. The van der Waals surface area contributed by atoms with Gasteiger partial charge in [0.2, 0.25) is 5.95 Å². The smallest absolute Gasteiger partial charge is 0.223 e. The third-order valence-electron chi connectivity index (χ3n) is 2.11. The number of nitrogen functional groups attached to an aromatic ring is 1. The van der Waals surface area contributed by atoms with Gasteiger partial charge in [0.1, 0.15) is 11.0 Å². The molecule has 1 rings (SSSR count). The van der Waals surface area contributed by atoms with Crippen LogP contribution >= 0.6 is 11.6 Å². The molecule has 1 aromatic rings. The van der Waals surface area contributed by atoms with Crippen LogP contribution in [0.5, 0.6) is 0 Å². The van der Waals surface area contributed by atoms with Gasteiger partial charge in [0.05, 0.1) is 12.5 Å². The van der Waals surface area contributed by atoms with Crippen LogP contribution in [0.1, 0.15) is 13.3 Å². The van der Waals surface area contributed by atoms with Gasteiger partial charge in [-0.15, -0.1) is 0 Å². The van der Waals surface area contributed by atoms with Crippen molar-refractivity contribution in [2.45, 2.75) is 19.4 Å². The van der Waals surface area contributed by atoms with Crippen LogP contribution in [-0.4, -0.2) is 23.1 Å². The second-order valence-electron chi connectivity index (χ2n) is 3.23. The maximum absolute atomic E-state index is 8.58. The summed E-state index contributed by atoms with van der Waals surface area (Å²) in [5.74, 6) is 0.753. The lowest BCUT2D eigenvalue weighted by Gasteiger charge is -2.23. The lowest BCUT2D eigenvalue weighted by molar-refractivity contribution is 0.693. The molecule has 1 heterocycles. The summed E-state index contributed by atoms with van der Waals surface area (Å²) in [5.41, 5.74) is 5.47. The van der Waals surface area contributed by atoms with E-state index >= 15 is 0 Å². The van der Waals surface area contributed by atoms with Gasteiger partial charge >= 0.3 is 0 Å². The van der Waals surface area contributed by atoms with Crippen LogP contribution in [0.4, 0.5) is 11.8 Å². The maximum atomic E-state index is 8.58. The minimum Gasteiger partial charge on any atom is -0.368 e. The van der Waals surface area contributed by atoms with Crippen molar-refractivity contribution in [1.82, 2.24) is 9.97 Å². The molecule has 0 aliphatic carbocycles. The first-order chi connectivity index (χ1) is 7.04. The van der Waals surface area contributed by atoms with Crippen LogP contribution in [-0.2, 0) is 0 Å². The van der Waals surface area contributed by atoms with Gasteiger partial charge in [0, 0.05) is 19.2 Å². The van der Waals surface area contributed by atoms with Gasteiger partial charge in [-0.1, -0.05) is 11.6 Å². The van der Waals surface area contributed by atoms with Crippen LogP contribution in [0, 0.1) is 11.3 Å². The van der Waals surface area contributed by atoms with Crippen molar-refractivity contribution < 1.29 is 0 Å². The first-order valence-corrected chi connectivity index (χ1v) is 4.82. The minimum absolute atomic E-state index is 0.0559. The zero-order valence-electron chi connectivity index (χ0n) is 8.61. The fraction of sp³-hybridized carbons (Fsp3) is 0.444. The quantitative estimate of drug-likeness (QED) is 0.788. The average Bonchev–Trinajstić information content (AvgIpc) is 2.15. The number of nitrogens with two attached hydrogens (primary N) is 1. The molecule has 0 aliphatic heterocycles. The fourth-order valence-electron chi connectivity index (χ4n) is 1.10. The highest BCUT2D eigenvalue weighted by Crippen LogP contribution is 2.18. The van der Waals surface area contributed by atoms with Crippen LogP contribution in [0.3, 0.4) is 0 Å². The molecule has 2 N–H and O–H groups in total. The summed E-state index contributed by atoms with van der Waals surface area (Å²) in [5, 5.41) is 8.88. The Morgan fingerprint density at radius 2 is 2.33 bits per heavy atom. The fourth-order valence-corrected chi connectivity index (χ4v) is 1.28. The first kappa shape index (κ1) is 11.5. The molecule has 0 saturated heterocycles. The number of nitrogens with zero attached hydrogens (tertiary/aromatic N) is 4. The topological polar surface area (TPSA) is 78.8 Å². The number of aromatic nitrogens is 2. The number of nitriles is 1. The largest absolute Gasteiger partial charge is 0.368 e. The van der Waals surface area contributed by atoms with E-state index in [2.05, 4.69) is 16.0 Å². The molecule has 1 unspecified atom stereocenters. The highest BCUT2D eigenvalue weighted by atomic mass is 35.5. The summed E-state index contributed by atoms with van der Waals surface area (Å²) < 4.78 is 0. The van der Waals surface area contributed by atoms with E-state index in [1.807, 2.05) is 18.9 Å². The molecule has 0 fully saturated rings. The van der Waals surface area contributed by atoms with Crippen molar-refractivity contribution in [1.29, 1.82) is 5.26 Å². The monoisotopic (exact) mass is 225 g/mol. The van der Waals surface area contributed by atoms with Crippen molar-refractivity contribution in [2.75, 3.05) is 17.7 Å². The highest BCUT2D eigenvalue weighted by molar-refractivity contribution is 6.29. The first-order valence-electron chi connectivity index (χ1n) is 4.44. The van der Waals surface area contributed by atoms with Crippen LogP contribution in [0.25, 0.3) is 0 Å². The van der Waals surface area contributed by atoms with E-state index < -0.39 is 0 Å². The second kappa shape index (κ2) is 4.80. The lowest BCUT2D eigenvalue weighted by atomic mass is 10.2. The van der Waals surface area contributed by atoms with Gasteiger partial charge in [0.25, 0.3) is 0 Å². The van der Waals surface area contributed by atoms with Crippen LogP contribution in [0.2, 0.25) is 5.15 Å². The van der Waals surface area contributed by atoms with Crippen molar-refractivity contribution in [3.63, 3.8) is 0 Å². The van der Waals surface area contributed by atoms with Gasteiger partial charge in [-0.05, 0) is 6.92 Å². The standard InChI is InChI=1S/C9H12ClN5/c1-6(3-4-11)15(2)8-5-7(10)13-9(12)14-8/h5-6H,3H2,1-2H3,(H2,12,13,14). The van der Waals surface area contributed by atoms with Crippen LogP contribution < -0.4 is 10.6 Å². The number of hydrogen-bond acceptors (Lipinski definition) is 5. The predicted molar refractivity (Wildman–Crippen MR) is 59.5 cm³/mol. The van der Waals surface area contributed by atoms with E-state index in [-0.39, 0.29) is 12.0 Å². The molecular weight excluding hydrogens is 214 g/mol. The van der Waals surface area contributed by atoms with Gasteiger partial charge in [-0.2, -0.15) is 10.2 Å². The van der Waals surface area contributed by atoms with Crippen molar-refractivity contribution in [3.05, 3.63) is 11.2 Å². The van der Waals surface area contributed by atoms with Crippen molar-refractivity contribution in [2.24, 2.45) is 0 Å². The Hall–Kier alpha value is -1.54. The predicted octanol–water partition coefficient (Wildman–Crippen LogP) is 1.45. The summed E-state index contributed by atoms with van der Waals surface area (Å²) in [6.07, 6.45) is 0.415. The Morgan fingerprint density at radius 1 is 1.67 bits per heavy atom. The number of hydrogen-bond donors (Lipinski definition) is 1. The van der Waals surface area contributed by atoms with Gasteiger partial charge < -0.3 is 10.6 Å². The molecule has 0 radical (unpaired) electrons. The van der Waals surface area contributed by atoms with E-state index in [4.69, 9.17) is 22.6 Å². The van der Waals surface area contributed by atoms with Gasteiger partial charge in [0.15, 0.2) is 0 Å². The SMILES string of the molecule is CC(CC#N)N(C)c1cc(Cl)nc(N)n1. The normalized spacial score (nSPS) is 11.9. The third kappa shape index (κ3) is 2.96. The number of anilines is 2. The molecule has 0 saturated carbocycles. The summed E-state index contributed by atoms with van der Waals surface area (Å²) in [7, 11) is 1.83. The van der Waals surface area contributed by atoms with Gasteiger partial charge in [-0.25, -0.2) is 4.98 Å². The Kier molecular flexibility index (Phi) is 3.69.